The summed E-state index contributed by atoms with van der Waals surface area (Å²) in [4.78, 5) is 15.7. The van der Waals surface area contributed by atoms with Crippen molar-refractivity contribution in [3.63, 3.8) is 0 Å². The number of carbonyl (C=O) groups is 1. The van der Waals surface area contributed by atoms with Gasteiger partial charge < -0.3 is 15.2 Å². The predicted octanol–water partition coefficient (Wildman–Crippen LogP) is 4.25. The van der Waals surface area contributed by atoms with E-state index in [2.05, 4.69) is 20.8 Å². The molecule has 0 spiro atoms. The van der Waals surface area contributed by atoms with Gasteiger partial charge in [-0.2, -0.15) is 0 Å². The summed E-state index contributed by atoms with van der Waals surface area (Å²) in [5, 5.41) is 0.369. The van der Waals surface area contributed by atoms with E-state index in [9.17, 15) is 4.79 Å². The lowest BCUT2D eigenvalue weighted by atomic mass is 10.2. The average Bonchev–Trinajstić information content (AvgIpc) is 2.81. The van der Waals surface area contributed by atoms with Crippen LogP contribution >= 0.6 is 27.3 Å². The van der Waals surface area contributed by atoms with E-state index in [4.69, 9.17) is 21.8 Å². The number of nitrogens with two attached hydrogens (primary N) is 1. The van der Waals surface area contributed by atoms with Crippen LogP contribution in [0.2, 0.25) is 0 Å². The molecule has 0 saturated carbocycles. The molecule has 7 heteroatoms. The molecule has 0 radical (unpaired) electrons. The van der Waals surface area contributed by atoms with Crippen molar-refractivity contribution in [3.8, 4) is 16.2 Å². The molecular formula is C15H13BrN2O3S. The first-order valence-corrected chi connectivity index (χ1v) is 8.01. The van der Waals surface area contributed by atoms with Crippen LogP contribution in [0.1, 0.15) is 6.92 Å². The van der Waals surface area contributed by atoms with Gasteiger partial charge in [-0.15, -0.1) is 11.3 Å². The zero-order valence-electron chi connectivity index (χ0n) is 11.8. The molecule has 0 aliphatic carbocycles. The van der Waals surface area contributed by atoms with E-state index < -0.39 is 5.97 Å². The van der Waals surface area contributed by atoms with Crippen molar-refractivity contribution in [3.05, 3.63) is 40.2 Å². The highest BCUT2D eigenvalue weighted by atomic mass is 79.9. The Bertz CT molecular complexity index is 737. The highest BCUT2D eigenvalue weighted by molar-refractivity contribution is 9.10. The summed E-state index contributed by atoms with van der Waals surface area (Å²) in [7, 11) is 0. The number of anilines is 1. The van der Waals surface area contributed by atoms with E-state index in [0.717, 1.165) is 10.4 Å². The van der Waals surface area contributed by atoms with Gasteiger partial charge in [-0.1, -0.05) is 12.1 Å². The number of halogens is 1. The van der Waals surface area contributed by atoms with Crippen LogP contribution in [0.4, 0.5) is 10.7 Å². The molecule has 0 amide bonds. The van der Waals surface area contributed by atoms with E-state index in [1.165, 1.54) is 11.3 Å². The number of hydrogen-bond donors (Lipinski definition) is 1. The Kier molecular flexibility index (Phi) is 5.41. The van der Waals surface area contributed by atoms with Crippen LogP contribution in [0.5, 0.6) is 5.75 Å². The third-order valence-electron chi connectivity index (χ3n) is 2.68. The summed E-state index contributed by atoms with van der Waals surface area (Å²) in [6.07, 6.45) is 0. The summed E-state index contributed by atoms with van der Waals surface area (Å²) in [6, 6.07) is 7.35. The Morgan fingerprint density at radius 1 is 1.50 bits per heavy atom. The van der Waals surface area contributed by atoms with E-state index >= 15 is 0 Å². The fourth-order valence-corrected chi connectivity index (χ4v) is 3.61. The number of rotatable bonds is 5. The second-order valence-electron chi connectivity index (χ2n) is 4.21. The van der Waals surface area contributed by atoms with Crippen molar-refractivity contribution in [1.82, 2.24) is 0 Å². The third kappa shape index (κ3) is 3.59. The molecule has 0 aliphatic rings. The van der Waals surface area contributed by atoms with Gasteiger partial charge >= 0.3 is 5.97 Å². The quantitative estimate of drug-likeness (QED) is 0.478. The Hall–Kier alpha value is -2.04. The Balaban J connectivity index is 2.32. The van der Waals surface area contributed by atoms with Gasteiger partial charge in [0, 0.05) is 10.6 Å². The minimum Gasteiger partial charge on any atom is -0.491 e. The maximum Gasteiger partial charge on any atom is 0.344 e. The largest absolute Gasteiger partial charge is 0.491 e. The molecule has 0 unspecified atom stereocenters. The standard InChI is InChI=1S/C15H13BrN2O3S/c1-3-20-11(19)8-21-13-12(16)14(22-15(13)18-2)9-5-4-6-10(17)7-9/h4-7H,3,8,17H2,1H3. The average molecular weight is 381 g/mol. The number of benzene rings is 1. The van der Waals surface area contributed by atoms with E-state index in [0.29, 0.717) is 20.9 Å². The number of ether oxygens (including phenoxy) is 2. The third-order valence-corrected chi connectivity index (χ3v) is 4.81. The number of esters is 1. The van der Waals surface area contributed by atoms with Crippen LogP contribution in [0, 0.1) is 6.57 Å². The number of nitrogen functional groups attached to an aromatic ring is 1. The van der Waals surface area contributed by atoms with Crippen molar-refractivity contribution in [2.24, 2.45) is 0 Å². The first kappa shape index (κ1) is 16.3. The molecule has 1 heterocycles. The molecule has 2 aromatic rings. The minimum atomic E-state index is -0.470. The second kappa shape index (κ2) is 7.29. The number of hydrogen-bond acceptors (Lipinski definition) is 5. The molecule has 2 N–H and O–H groups in total. The molecular weight excluding hydrogens is 368 g/mol. The molecule has 0 bridgehead atoms. The predicted molar refractivity (Wildman–Crippen MR) is 90.3 cm³/mol. The van der Waals surface area contributed by atoms with Crippen LogP contribution in [-0.4, -0.2) is 19.2 Å². The second-order valence-corrected chi connectivity index (χ2v) is 6.00. The summed E-state index contributed by atoms with van der Waals surface area (Å²) >= 11 is 4.72. The SMILES string of the molecule is [C-]#[N+]c1sc(-c2cccc(N)c2)c(Br)c1OCC(=O)OCC. The summed E-state index contributed by atoms with van der Waals surface area (Å²) in [6.45, 7) is 9.04. The molecule has 0 aliphatic heterocycles. The van der Waals surface area contributed by atoms with Gasteiger partial charge in [0.1, 0.15) is 0 Å². The van der Waals surface area contributed by atoms with E-state index in [1.54, 1.807) is 13.0 Å². The molecule has 2 rings (SSSR count). The number of nitrogens with zero attached hydrogens (tertiary/aromatic N) is 1. The maximum absolute atomic E-state index is 11.4. The Morgan fingerprint density at radius 2 is 2.27 bits per heavy atom. The van der Waals surface area contributed by atoms with E-state index in [-0.39, 0.29) is 13.2 Å². The highest BCUT2D eigenvalue weighted by Crippen LogP contribution is 2.50. The van der Waals surface area contributed by atoms with Crippen LogP contribution in [0.25, 0.3) is 15.3 Å². The number of thiophene rings is 1. The zero-order valence-corrected chi connectivity index (χ0v) is 14.2. The summed E-state index contributed by atoms with van der Waals surface area (Å²) < 4.78 is 10.9. The maximum atomic E-state index is 11.4. The zero-order chi connectivity index (χ0) is 16.1. The van der Waals surface area contributed by atoms with Gasteiger partial charge in [0.2, 0.25) is 0 Å². The monoisotopic (exact) mass is 380 g/mol. The van der Waals surface area contributed by atoms with Crippen LogP contribution in [-0.2, 0) is 9.53 Å². The lowest BCUT2D eigenvalue weighted by Crippen LogP contribution is -2.14. The molecule has 1 aromatic carbocycles. The topological polar surface area (TPSA) is 65.9 Å². The van der Waals surface area contributed by atoms with Crippen LogP contribution in [0.15, 0.2) is 28.7 Å². The van der Waals surface area contributed by atoms with Crippen molar-refractivity contribution in [2.75, 3.05) is 18.9 Å². The Labute approximate surface area is 140 Å². The van der Waals surface area contributed by atoms with E-state index in [1.807, 2.05) is 18.2 Å². The molecule has 0 saturated heterocycles. The number of carbonyl (C=O) groups excluding carboxylic acids is 1. The van der Waals surface area contributed by atoms with Gasteiger partial charge in [-0.25, -0.2) is 9.64 Å². The fourth-order valence-electron chi connectivity index (χ4n) is 1.78. The van der Waals surface area contributed by atoms with Crippen LogP contribution in [0.3, 0.4) is 0 Å². The van der Waals surface area contributed by atoms with Crippen molar-refractivity contribution in [1.29, 1.82) is 0 Å². The van der Waals surface area contributed by atoms with Crippen LogP contribution < -0.4 is 10.5 Å². The molecule has 5 nitrogen and oxygen atoms in total. The molecule has 114 valence electrons. The first-order chi connectivity index (χ1) is 10.6. The normalized spacial score (nSPS) is 10.0. The summed E-state index contributed by atoms with van der Waals surface area (Å²) in [5.41, 5.74) is 7.31. The van der Waals surface area contributed by atoms with Crippen molar-refractivity contribution >= 4 is 43.9 Å². The summed E-state index contributed by atoms with van der Waals surface area (Å²) in [5.74, 6) is -0.118. The molecule has 0 atom stereocenters. The molecule has 22 heavy (non-hydrogen) atoms. The van der Waals surface area contributed by atoms with Gasteiger partial charge in [0.05, 0.1) is 17.7 Å². The lowest BCUT2D eigenvalue weighted by molar-refractivity contribution is -0.145. The van der Waals surface area contributed by atoms with Crippen molar-refractivity contribution < 1.29 is 14.3 Å². The first-order valence-electron chi connectivity index (χ1n) is 6.40. The van der Waals surface area contributed by atoms with Gasteiger partial charge in [0.15, 0.2) is 12.4 Å². The highest BCUT2D eigenvalue weighted by Gasteiger charge is 2.20. The smallest absolute Gasteiger partial charge is 0.344 e. The van der Waals surface area contributed by atoms with Gasteiger partial charge in [-0.05, 0) is 40.5 Å². The fraction of sp³-hybridized carbons (Fsp3) is 0.200. The molecule has 0 fully saturated rings. The van der Waals surface area contributed by atoms with Gasteiger partial charge in [0.25, 0.3) is 5.00 Å². The lowest BCUT2D eigenvalue weighted by Gasteiger charge is -2.06. The van der Waals surface area contributed by atoms with Gasteiger partial charge in [-0.3, -0.25) is 0 Å². The minimum absolute atomic E-state index is 0.234. The molecule has 1 aromatic heterocycles. The van der Waals surface area contributed by atoms with Crippen molar-refractivity contribution in [2.45, 2.75) is 6.92 Å². The Morgan fingerprint density at radius 3 is 2.91 bits per heavy atom.